The van der Waals surface area contributed by atoms with Crippen molar-refractivity contribution in [3.8, 4) is 0 Å². The molecule has 2 N–H and O–H groups in total. The van der Waals surface area contributed by atoms with Crippen molar-refractivity contribution in [3.05, 3.63) is 0 Å². The molecule has 1 aliphatic carbocycles. The molecule has 118 valence electrons. The largest absolute Gasteiger partial charge is 0.480 e. The van der Waals surface area contributed by atoms with Crippen molar-refractivity contribution in [2.45, 2.75) is 39.3 Å². The molecule has 0 aromatic heterocycles. The molecule has 1 saturated carbocycles. The van der Waals surface area contributed by atoms with Gasteiger partial charge in [0.25, 0.3) is 0 Å². The zero-order valence-electron chi connectivity index (χ0n) is 12.5. The average molecular weight is 309 g/mol. The first-order valence-electron chi connectivity index (χ1n) is 6.59. The lowest BCUT2D eigenvalue weighted by atomic mass is 9.64. The van der Waals surface area contributed by atoms with Crippen LogP contribution < -0.4 is 5.32 Å². The van der Waals surface area contributed by atoms with Gasteiger partial charge in [-0.25, -0.2) is 0 Å². The third-order valence-corrected chi connectivity index (χ3v) is 3.86. The number of hydrogen-bond donors (Lipinski definition) is 2. The number of amides is 1. The number of rotatable bonds is 7. The van der Waals surface area contributed by atoms with Crippen molar-refractivity contribution in [2.75, 3.05) is 26.7 Å². The summed E-state index contributed by atoms with van der Waals surface area (Å²) in [4.78, 5) is 23.9. The van der Waals surface area contributed by atoms with Gasteiger partial charge in [0.05, 0.1) is 12.6 Å². The van der Waals surface area contributed by atoms with Gasteiger partial charge in [-0.1, -0.05) is 13.8 Å². The van der Waals surface area contributed by atoms with Crippen LogP contribution in [0, 0.1) is 5.41 Å². The Balaban J connectivity index is 0.00000361. The Hall–Kier alpha value is -0.850. The molecule has 2 atom stereocenters. The molecule has 0 aromatic rings. The Morgan fingerprint density at radius 3 is 2.50 bits per heavy atom. The van der Waals surface area contributed by atoms with Gasteiger partial charge >= 0.3 is 5.97 Å². The Morgan fingerprint density at radius 2 is 2.05 bits per heavy atom. The third-order valence-electron chi connectivity index (χ3n) is 3.86. The number of nitrogens with zero attached hydrogens (tertiary/aromatic N) is 1. The van der Waals surface area contributed by atoms with Crippen LogP contribution in [0.4, 0.5) is 0 Å². The van der Waals surface area contributed by atoms with E-state index < -0.39 is 5.97 Å². The molecule has 0 aromatic carbocycles. The lowest BCUT2D eigenvalue weighted by Gasteiger charge is -2.54. The lowest BCUT2D eigenvalue weighted by molar-refractivity contribution is -0.150. The Morgan fingerprint density at radius 1 is 1.45 bits per heavy atom. The van der Waals surface area contributed by atoms with E-state index >= 15 is 0 Å². The minimum Gasteiger partial charge on any atom is -0.480 e. The number of nitrogens with one attached hydrogen (secondary N) is 1. The zero-order chi connectivity index (χ0) is 14.6. The number of carboxylic acid groups (broad SMARTS) is 1. The van der Waals surface area contributed by atoms with E-state index in [1.54, 1.807) is 0 Å². The number of carbonyl (C=O) groups excluding carboxylic acids is 1. The maximum absolute atomic E-state index is 11.6. The van der Waals surface area contributed by atoms with Gasteiger partial charge in [0.2, 0.25) is 5.91 Å². The quantitative estimate of drug-likeness (QED) is 0.725. The molecule has 0 saturated heterocycles. The molecule has 0 radical (unpaired) electrons. The fourth-order valence-electron chi connectivity index (χ4n) is 2.66. The molecule has 1 fully saturated rings. The highest BCUT2D eigenvalue weighted by Crippen LogP contribution is 2.45. The summed E-state index contributed by atoms with van der Waals surface area (Å²) in [6.07, 6.45) is 1.14. The van der Waals surface area contributed by atoms with E-state index in [1.165, 1.54) is 0 Å². The van der Waals surface area contributed by atoms with E-state index in [2.05, 4.69) is 19.2 Å². The van der Waals surface area contributed by atoms with Crippen molar-refractivity contribution >= 4 is 24.3 Å². The Kier molecular flexibility index (Phi) is 7.47. The standard InChI is InChI=1S/C13H24N2O4.ClH/c1-5-19-10-6-9(13(10,2)3)15(4)8-11(16)14-7-12(17)18;/h9-10H,5-8H2,1-4H3,(H,14,16)(H,17,18);1H. The predicted molar refractivity (Wildman–Crippen MR) is 78.1 cm³/mol. The molecule has 6 nitrogen and oxygen atoms in total. The molecule has 1 rings (SSSR count). The summed E-state index contributed by atoms with van der Waals surface area (Å²) in [7, 11) is 1.88. The van der Waals surface area contributed by atoms with E-state index in [4.69, 9.17) is 9.84 Å². The number of hydrogen-bond acceptors (Lipinski definition) is 4. The maximum Gasteiger partial charge on any atom is 0.322 e. The van der Waals surface area contributed by atoms with Crippen LogP contribution in [0.15, 0.2) is 0 Å². The molecule has 1 amide bonds. The van der Waals surface area contributed by atoms with Gasteiger partial charge < -0.3 is 15.2 Å². The molecule has 2 unspecified atom stereocenters. The van der Waals surface area contributed by atoms with E-state index in [9.17, 15) is 9.59 Å². The van der Waals surface area contributed by atoms with Crippen LogP contribution in [0.5, 0.6) is 0 Å². The lowest BCUT2D eigenvalue weighted by Crippen LogP contribution is -2.62. The van der Waals surface area contributed by atoms with Gasteiger partial charge in [0.1, 0.15) is 6.54 Å². The van der Waals surface area contributed by atoms with Crippen LogP contribution in [0.2, 0.25) is 0 Å². The summed E-state index contributed by atoms with van der Waals surface area (Å²) < 4.78 is 5.65. The van der Waals surface area contributed by atoms with Gasteiger partial charge in [-0.15, -0.1) is 12.4 Å². The first-order chi connectivity index (χ1) is 8.78. The highest BCUT2D eigenvalue weighted by molar-refractivity contribution is 5.85. The number of ether oxygens (including phenoxy) is 1. The van der Waals surface area contributed by atoms with E-state index in [0.717, 1.165) is 6.42 Å². The number of likely N-dealkylation sites (N-methyl/N-ethyl adjacent to an activating group) is 1. The fourth-order valence-corrected chi connectivity index (χ4v) is 2.66. The number of carbonyl (C=O) groups is 2. The molecular formula is C13H25ClN2O4. The summed E-state index contributed by atoms with van der Waals surface area (Å²) >= 11 is 0. The van der Waals surface area contributed by atoms with Crippen molar-refractivity contribution in [1.29, 1.82) is 0 Å². The number of halogens is 1. The highest BCUT2D eigenvalue weighted by Gasteiger charge is 2.50. The Bertz CT molecular complexity index is 349. The first kappa shape index (κ1) is 19.1. The molecule has 7 heteroatoms. The van der Waals surface area contributed by atoms with Gasteiger partial charge in [-0.05, 0) is 20.4 Å². The molecule has 20 heavy (non-hydrogen) atoms. The second-order valence-electron chi connectivity index (χ2n) is 5.60. The normalized spacial score (nSPS) is 23.6. The predicted octanol–water partition coefficient (Wildman–Crippen LogP) is 0.744. The number of aliphatic carboxylic acids is 1. The summed E-state index contributed by atoms with van der Waals surface area (Å²) in [5.74, 6) is -1.29. The molecule has 0 spiro atoms. The number of carboxylic acids is 1. The second-order valence-corrected chi connectivity index (χ2v) is 5.60. The van der Waals surface area contributed by atoms with Crippen LogP contribution in [0.25, 0.3) is 0 Å². The second kappa shape index (κ2) is 7.81. The maximum atomic E-state index is 11.6. The molecule has 0 aliphatic heterocycles. The van der Waals surface area contributed by atoms with Crippen molar-refractivity contribution < 1.29 is 19.4 Å². The zero-order valence-corrected chi connectivity index (χ0v) is 13.3. The minimum absolute atomic E-state index is 0. The third kappa shape index (κ3) is 4.61. The molecule has 0 bridgehead atoms. The van der Waals surface area contributed by atoms with E-state index in [1.807, 2.05) is 18.9 Å². The van der Waals surface area contributed by atoms with Crippen molar-refractivity contribution in [2.24, 2.45) is 5.41 Å². The van der Waals surface area contributed by atoms with Crippen LogP contribution in [-0.2, 0) is 14.3 Å². The van der Waals surface area contributed by atoms with E-state index in [0.29, 0.717) is 6.61 Å². The molecule has 1 aliphatic rings. The van der Waals surface area contributed by atoms with Gasteiger partial charge in [0, 0.05) is 18.1 Å². The topological polar surface area (TPSA) is 78.9 Å². The molecular weight excluding hydrogens is 284 g/mol. The minimum atomic E-state index is -1.03. The Labute approximate surface area is 126 Å². The van der Waals surface area contributed by atoms with Gasteiger partial charge in [0.15, 0.2) is 0 Å². The average Bonchev–Trinajstić information content (AvgIpc) is 2.31. The summed E-state index contributed by atoms with van der Waals surface area (Å²) in [6, 6.07) is 0.277. The van der Waals surface area contributed by atoms with Gasteiger partial charge in [-0.3, -0.25) is 14.5 Å². The molecule has 0 heterocycles. The first-order valence-corrected chi connectivity index (χ1v) is 6.59. The SMILES string of the molecule is CCOC1CC(N(C)CC(=O)NCC(=O)O)C1(C)C.Cl. The summed E-state index contributed by atoms with van der Waals surface area (Å²) in [6.45, 7) is 6.82. The van der Waals surface area contributed by atoms with E-state index in [-0.39, 0.29) is 49.0 Å². The monoisotopic (exact) mass is 308 g/mol. The van der Waals surface area contributed by atoms with Gasteiger partial charge in [-0.2, -0.15) is 0 Å². The van der Waals surface area contributed by atoms with Crippen LogP contribution in [-0.4, -0.2) is 60.8 Å². The highest BCUT2D eigenvalue weighted by atomic mass is 35.5. The fraction of sp³-hybridized carbons (Fsp3) is 0.846. The van der Waals surface area contributed by atoms with Crippen molar-refractivity contribution in [1.82, 2.24) is 10.2 Å². The van der Waals surface area contributed by atoms with Crippen molar-refractivity contribution in [3.63, 3.8) is 0 Å². The van der Waals surface area contributed by atoms with Crippen LogP contribution in [0.1, 0.15) is 27.2 Å². The summed E-state index contributed by atoms with van der Waals surface area (Å²) in [5.41, 5.74) is 0.0117. The van der Waals surface area contributed by atoms with Crippen LogP contribution in [0.3, 0.4) is 0 Å². The summed E-state index contributed by atoms with van der Waals surface area (Å²) in [5, 5.41) is 10.9. The van der Waals surface area contributed by atoms with Crippen LogP contribution >= 0.6 is 12.4 Å². The smallest absolute Gasteiger partial charge is 0.322 e.